The Morgan fingerprint density at radius 1 is 0.821 bits per heavy atom. The lowest BCUT2D eigenvalue weighted by molar-refractivity contribution is 0.290. The van der Waals surface area contributed by atoms with E-state index in [1.165, 1.54) is 12.1 Å². The molecule has 0 bridgehead atoms. The smallest absolute Gasteiger partial charge is 0.321 e. The summed E-state index contributed by atoms with van der Waals surface area (Å²) in [5.74, 6) is 0.367. The van der Waals surface area contributed by atoms with Crippen molar-refractivity contribution in [3.63, 3.8) is 0 Å². The van der Waals surface area contributed by atoms with E-state index in [1.807, 2.05) is 30.3 Å². The van der Waals surface area contributed by atoms with Gasteiger partial charge in [0.2, 0.25) is 5.88 Å². The second-order valence-electron chi connectivity index (χ2n) is 5.84. The van der Waals surface area contributed by atoms with Crippen molar-refractivity contribution in [2.45, 2.75) is 6.61 Å². The maximum atomic E-state index is 13.2. The topological polar surface area (TPSA) is 70.0 Å². The minimum Gasteiger partial charge on any atom is -0.472 e. The van der Waals surface area contributed by atoms with Gasteiger partial charge in [-0.2, -0.15) is 0 Å². The van der Waals surface area contributed by atoms with Crippen LogP contribution in [0.4, 0.5) is 4.39 Å². The highest BCUT2D eigenvalue weighted by molar-refractivity contribution is 5.56. The van der Waals surface area contributed by atoms with Crippen LogP contribution in [0.1, 0.15) is 5.56 Å². The molecular formula is C21H15FN4O2. The Kier molecular flexibility index (Phi) is 5.15. The van der Waals surface area contributed by atoms with Crippen LogP contribution in [-0.4, -0.2) is 20.2 Å². The van der Waals surface area contributed by atoms with Crippen molar-refractivity contribution in [2.75, 3.05) is 0 Å². The molecule has 0 aliphatic carbocycles. The summed E-state index contributed by atoms with van der Waals surface area (Å²) in [6, 6.07) is 19.2. The Morgan fingerprint density at radius 3 is 2.36 bits per heavy atom. The van der Waals surface area contributed by atoms with Gasteiger partial charge in [0.05, 0.1) is 5.69 Å². The van der Waals surface area contributed by atoms with Gasteiger partial charge >= 0.3 is 6.01 Å². The fraction of sp³-hybridized carbons (Fsp3) is 0.0476. The number of nitrogens with zero attached hydrogens (tertiary/aromatic N) is 4. The molecule has 2 aromatic heterocycles. The molecule has 0 saturated carbocycles. The number of hydrogen-bond acceptors (Lipinski definition) is 6. The van der Waals surface area contributed by atoms with Gasteiger partial charge < -0.3 is 9.47 Å². The molecule has 138 valence electrons. The Morgan fingerprint density at radius 2 is 1.64 bits per heavy atom. The van der Waals surface area contributed by atoms with Gasteiger partial charge in [-0.25, -0.2) is 14.4 Å². The zero-order chi connectivity index (χ0) is 19.2. The molecule has 7 heteroatoms. The molecule has 4 rings (SSSR count). The van der Waals surface area contributed by atoms with Crippen LogP contribution in [0.3, 0.4) is 0 Å². The Hall–Kier alpha value is -3.87. The molecule has 0 fully saturated rings. The monoisotopic (exact) mass is 374 g/mol. The van der Waals surface area contributed by atoms with E-state index >= 15 is 0 Å². The number of rotatable bonds is 6. The lowest BCUT2D eigenvalue weighted by Gasteiger charge is -2.06. The standard InChI is InChI=1S/C21H15FN4O2/c22-17-7-4-8-18(11-17)28-21-23-12-16(13-24-21)19-9-10-20(26-25-19)27-14-15-5-2-1-3-6-15/h1-13H,14H2. The second kappa shape index (κ2) is 8.22. The van der Waals surface area contributed by atoms with Gasteiger partial charge in [-0.05, 0) is 23.8 Å². The van der Waals surface area contributed by atoms with E-state index in [9.17, 15) is 4.39 Å². The first-order valence-corrected chi connectivity index (χ1v) is 8.52. The van der Waals surface area contributed by atoms with Crippen molar-refractivity contribution in [1.82, 2.24) is 20.2 Å². The van der Waals surface area contributed by atoms with E-state index in [4.69, 9.17) is 9.47 Å². The van der Waals surface area contributed by atoms with Gasteiger partial charge in [-0.1, -0.05) is 36.4 Å². The summed E-state index contributed by atoms with van der Waals surface area (Å²) in [4.78, 5) is 8.25. The van der Waals surface area contributed by atoms with Crippen molar-refractivity contribution in [1.29, 1.82) is 0 Å². The van der Waals surface area contributed by atoms with Crippen LogP contribution in [0.5, 0.6) is 17.6 Å². The van der Waals surface area contributed by atoms with Gasteiger partial charge in [0.25, 0.3) is 0 Å². The number of hydrogen-bond donors (Lipinski definition) is 0. The van der Waals surface area contributed by atoms with E-state index in [0.29, 0.717) is 29.5 Å². The molecule has 2 heterocycles. The molecule has 28 heavy (non-hydrogen) atoms. The maximum absolute atomic E-state index is 13.2. The Balaban J connectivity index is 1.40. The fourth-order valence-electron chi connectivity index (χ4n) is 2.42. The predicted octanol–water partition coefficient (Wildman–Crippen LogP) is 4.44. The van der Waals surface area contributed by atoms with Crippen LogP contribution >= 0.6 is 0 Å². The average molecular weight is 374 g/mol. The SMILES string of the molecule is Fc1cccc(Oc2ncc(-c3ccc(OCc4ccccc4)nn3)cn2)c1. The van der Waals surface area contributed by atoms with Gasteiger partial charge in [-0.3, -0.25) is 0 Å². The number of halogens is 1. The first kappa shape index (κ1) is 17.5. The third-order valence-electron chi connectivity index (χ3n) is 3.80. The highest BCUT2D eigenvalue weighted by Gasteiger charge is 2.06. The minimum atomic E-state index is -0.390. The van der Waals surface area contributed by atoms with Crippen molar-refractivity contribution in [2.24, 2.45) is 0 Å². The largest absolute Gasteiger partial charge is 0.472 e. The van der Waals surface area contributed by atoms with Crippen molar-refractivity contribution in [3.05, 3.63) is 90.5 Å². The Bertz CT molecular complexity index is 1040. The first-order chi connectivity index (χ1) is 13.8. The van der Waals surface area contributed by atoms with Gasteiger partial charge in [0.15, 0.2) is 0 Å². The lowest BCUT2D eigenvalue weighted by Crippen LogP contribution is -1.99. The average Bonchev–Trinajstić information content (AvgIpc) is 2.74. The lowest BCUT2D eigenvalue weighted by atomic mass is 10.2. The van der Waals surface area contributed by atoms with Crippen LogP contribution in [0.25, 0.3) is 11.3 Å². The molecule has 0 atom stereocenters. The molecule has 0 saturated heterocycles. The molecule has 0 radical (unpaired) electrons. The quantitative estimate of drug-likeness (QED) is 0.497. The summed E-state index contributed by atoms with van der Waals surface area (Å²) in [5, 5.41) is 8.21. The van der Waals surface area contributed by atoms with Crippen LogP contribution in [0, 0.1) is 5.82 Å². The van der Waals surface area contributed by atoms with Gasteiger partial charge in [0.1, 0.15) is 18.2 Å². The summed E-state index contributed by atoms with van der Waals surface area (Å²) in [5.41, 5.74) is 2.33. The second-order valence-corrected chi connectivity index (χ2v) is 5.84. The molecule has 0 amide bonds. The van der Waals surface area contributed by atoms with E-state index in [-0.39, 0.29) is 11.8 Å². The molecule has 0 aliphatic heterocycles. The van der Waals surface area contributed by atoms with Crippen molar-refractivity contribution in [3.8, 4) is 28.9 Å². The minimum absolute atomic E-state index is 0.116. The van der Waals surface area contributed by atoms with Crippen LogP contribution in [0.15, 0.2) is 79.1 Å². The molecule has 2 aromatic carbocycles. The summed E-state index contributed by atoms with van der Waals surface area (Å²) in [6.07, 6.45) is 3.13. The Labute approximate surface area is 160 Å². The van der Waals surface area contributed by atoms with E-state index in [1.54, 1.807) is 36.7 Å². The van der Waals surface area contributed by atoms with E-state index < -0.39 is 0 Å². The normalized spacial score (nSPS) is 10.5. The summed E-state index contributed by atoms with van der Waals surface area (Å²) in [7, 11) is 0. The van der Waals surface area contributed by atoms with Crippen molar-refractivity contribution >= 4 is 0 Å². The van der Waals surface area contributed by atoms with Gasteiger partial charge in [0, 0.05) is 30.1 Å². The summed E-state index contributed by atoms with van der Waals surface area (Å²) >= 11 is 0. The zero-order valence-electron chi connectivity index (χ0n) is 14.7. The third kappa shape index (κ3) is 4.45. The first-order valence-electron chi connectivity index (χ1n) is 8.52. The molecule has 6 nitrogen and oxygen atoms in total. The maximum Gasteiger partial charge on any atom is 0.321 e. The van der Waals surface area contributed by atoms with Crippen LogP contribution in [-0.2, 0) is 6.61 Å². The third-order valence-corrected chi connectivity index (χ3v) is 3.80. The predicted molar refractivity (Wildman–Crippen MR) is 100 cm³/mol. The van der Waals surface area contributed by atoms with Gasteiger partial charge in [-0.15, -0.1) is 10.2 Å². The fourth-order valence-corrected chi connectivity index (χ4v) is 2.42. The van der Waals surface area contributed by atoms with Crippen molar-refractivity contribution < 1.29 is 13.9 Å². The molecule has 4 aromatic rings. The van der Waals surface area contributed by atoms with Crippen LogP contribution < -0.4 is 9.47 Å². The van der Waals surface area contributed by atoms with E-state index in [0.717, 1.165) is 5.56 Å². The molecule has 0 aliphatic rings. The van der Waals surface area contributed by atoms with Crippen LogP contribution in [0.2, 0.25) is 0 Å². The van der Waals surface area contributed by atoms with E-state index in [2.05, 4.69) is 20.2 Å². The molecule has 0 N–H and O–H groups in total. The molecule has 0 spiro atoms. The molecule has 0 unspecified atom stereocenters. The highest BCUT2D eigenvalue weighted by atomic mass is 19.1. The number of ether oxygens (including phenoxy) is 2. The zero-order valence-corrected chi connectivity index (χ0v) is 14.7. The number of aromatic nitrogens is 4. The highest BCUT2D eigenvalue weighted by Crippen LogP contribution is 2.21. The summed E-state index contributed by atoms with van der Waals surface area (Å²) in [6.45, 7) is 0.421. The summed E-state index contributed by atoms with van der Waals surface area (Å²) < 4.78 is 24.2. The molecular weight excluding hydrogens is 359 g/mol. The number of benzene rings is 2.